The number of anilines is 3. The van der Waals surface area contributed by atoms with E-state index in [2.05, 4.69) is 258 Å². The molecule has 0 atom stereocenters. The highest BCUT2D eigenvalue weighted by Crippen LogP contribution is 2.48. The molecule has 0 aliphatic heterocycles. The van der Waals surface area contributed by atoms with Gasteiger partial charge < -0.3 is 13.9 Å². The van der Waals surface area contributed by atoms with Crippen molar-refractivity contribution in [1.29, 1.82) is 0 Å². The molecule has 0 amide bonds. The Bertz CT molecular complexity index is 3940. The highest BCUT2D eigenvalue weighted by atomic mass is 16.3. The summed E-state index contributed by atoms with van der Waals surface area (Å²) in [7, 11) is 0. The van der Waals surface area contributed by atoms with Crippen molar-refractivity contribution in [2.24, 2.45) is 0 Å². The third kappa shape index (κ3) is 6.51. The van der Waals surface area contributed by atoms with E-state index in [4.69, 9.17) is 4.42 Å². The van der Waals surface area contributed by atoms with Gasteiger partial charge in [0, 0.05) is 49.7 Å². The van der Waals surface area contributed by atoms with Crippen LogP contribution in [0.1, 0.15) is 0 Å². The van der Waals surface area contributed by atoms with Crippen LogP contribution in [0.2, 0.25) is 0 Å². The molecule has 314 valence electrons. The van der Waals surface area contributed by atoms with Gasteiger partial charge in [0.1, 0.15) is 11.2 Å². The van der Waals surface area contributed by atoms with Crippen LogP contribution in [0.15, 0.2) is 259 Å². The van der Waals surface area contributed by atoms with Gasteiger partial charge in [0.2, 0.25) is 0 Å². The topological polar surface area (TPSA) is 21.3 Å². The number of benzene rings is 11. The van der Waals surface area contributed by atoms with E-state index >= 15 is 0 Å². The molecule has 0 spiro atoms. The minimum absolute atomic E-state index is 0.872. The van der Waals surface area contributed by atoms with Crippen molar-refractivity contribution in [2.75, 3.05) is 4.90 Å². The predicted octanol–water partition coefficient (Wildman–Crippen LogP) is 18.0. The van der Waals surface area contributed by atoms with Crippen LogP contribution in [0.3, 0.4) is 0 Å². The summed E-state index contributed by atoms with van der Waals surface area (Å²) < 4.78 is 9.24. The van der Waals surface area contributed by atoms with Crippen molar-refractivity contribution < 1.29 is 4.42 Å². The lowest BCUT2D eigenvalue weighted by Crippen LogP contribution is -2.11. The number of rotatable bonds is 8. The summed E-state index contributed by atoms with van der Waals surface area (Å²) in [5, 5.41) is 7.04. The number of fused-ring (bicyclic) bond motifs is 7. The van der Waals surface area contributed by atoms with Gasteiger partial charge in [-0.1, -0.05) is 194 Å². The van der Waals surface area contributed by atoms with Crippen LogP contribution < -0.4 is 4.90 Å². The fourth-order valence-corrected chi connectivity index (χ4v) is 10.3. The number of hydrogen-bond acceptors (Lipinski definition) is 2. The molecule has 3 nitrogen and oxygen atoms in total. The first-order valence-electron chi connectivity index (χ1n) is 22.9. The van der Waals surface area contributed by atoms with E-state index in [1.807, 2.05) is 6.07 Å². The molecule has 0 bridgehead atoms. The lowest BCUT2D eigenvalue weighted by atomic mass is 9.92. The van der Waals surface area contributed by atoms with Crippen molar-refractivity contribution in [1.82, 2.24) is 4.57 Å². The average Bonchev–Trinajstić information content (AvgIpc) is 3.95. The molecule has 0 aliphatic rings. The number of aromatic nitrogens is 1. The summed E-state index contributed by atoms with van der Waals surface area (Å²) in [6.45, 7) is 0. The van der Waals surface area contributed by atoms with Gasteiger partial charge in [-0.25, -0.2) is 0 Å². The summed E-state index contributed by atoms with van der Waals surface area (Å²) >= 11 is 0. The maximum atomic E-state index is 6.84. The van der Waals surface area contributed by atoms with Gasteiger partial charge in [0.15, 0.2) is 0 Å². The third-order valence-corrected chi connectivity index (χ3v) is 13.4. The Balaban J connectivity index is 1.07. The molecular weight excluding hydrogens is 813 g/mol. The van der Waals surface area contributed by atoms with Gasteiger partial charge in [0.05, 0.1) is 16.7 Å². The predicted molar refractivity (Wildman–Crippen MR) is 282 cm³/mol. The van der Waals surface area contributed by atoms with Crippen molar-refractivity contribution in [2.45, 2.75) is 0 Å². The molecule has 0 N–H and O–H groups in total. The Labute approximate surface area is 388 Å². The van der Waals surface area contributed by atoms with Crippen LogP contribution in [0.4, 0.5) is 17.1 Å². The van der Waals surface area contributed by atoms with Crippen LogP contribution in [-0.4, -0.2) is 4.57 Å². The minimum atomic E-state index is 0.872. The van der Waals surface area contributed by atoms with Crippen molar-refractivity contribution in [3.63, 3.8) is 0 Å². The summed E-state index contributed by atoms with van der Waals surface area (Å²) in [6.07, 6.45) is 0. The lowest BCUT2D eigenvalue weighted by Gasteiger charge is -2.29. The third-order valence-electron chi connectivity index (χ3n) is 13.4. The van der Waals surface area contributed by atoms with E-state index in [-0.39, 0.29) is 0 Å². The Morgan fingerprint density at radius 3 is 1.48 bits per heavy atom. The maximum absolute atomic E-state index is 6.84. The number of nitrogens with zero attached hydrogens (tertiary/aromatic N) is 2. The maximum Gasteiger partial charge on any atom is 0.143 e. The van der Waals surface area contributed by atoms with E-state index in [1.54, 1.807) is 0 Å². The van der Waals surface area contributed by atoms with Crippen LogP contribution in [-0.2, 0) is 0 Å². The molecule has 3 heteroatoms. The second-order valence-electron chi connectivity index (χ2n) is 17.2. The summed E-state index contributed by atoms with van der Waals surface area (Å²) in [5.41, 5.74) is 17.5. The molecule has 67 heavy (non-hydrogen) atoms. The first-order chi connectivity index (χ1) is 33.2. The first kappa shape index (κ1) is 38.5. The van der Waals surface area contributed by atoms with Crippen molar-refractivity contribution in [3.8, 4) is 50.2 Å². The molecular formula is C64H42N2O. The molecule has 2 aromatic heterocycles. The second kappa shape index (κ2) is 16.0. The van der Waals surface area contributed by atoms with Crippen LogP contribution in [0, 0.1) is 0 Å². The second-order valence-corrected chi connectivity index (χ2v) is 17.2. The van der Waals surface area contributed by atoms with E-state index in [0.29, 0.717) is 0 Å². The Hall–Kier alpha value is -8.92. The van der Waals surface area contributed by atoms with Crippen LogP contribution in [0.25, 0.3) is 105 Å². The molecule has 13 aromatic rings. The monoisotopic (exact) mass is 854 g/mol. The van der Waals surface area contributed by atoms with Gasteiger partial charge in [-0.3, -0.25) is 0 Å². The number of hydrogen-bond donors (Lipinski definition) is 0. The lowest BCUT2D eigenvalue weighted by molar-refractivity contribution is 0.670. The molecule has 13 rings (SSSR count). The SMILES string of the molecule is c1ccc(-c2ccc(N(c3ccc(-c4ccc(-c5ccccc5)c5ccccc45)cc3)c3cc4c(cc3-c3cccc5c3oc3ccccc35)c3ccccc3n4-c3ccccc3)cc2)cc1. The summed E-state index contributed by atoms with van der Waals surface area (Å²) in [6, 6.07) is 91.9. The largest absolute Gasteiger partial charge is 0.455 e. The smallest absolute Gasteiger partial charge is 0.143 e. The Morgan fingerprint density at radius 2 is 0.806 bits per heavy atom. The van der Waals surface area contributed by atoms with E-state index in [1.165, 1.54) is 43.8 Å². The van der Waals surface area contributed by atoms with Gasteiger partial charge in [-0.2, -0.15) is 0 Å². The van der Waals surface area contributed by atoms with Gasteiger partial charge in [-0.15, -0.1) is 0 Å². The number of furan rings is 1. The summed E-state index contributed by atoms with van der Waals surface area (Å²) in [5.74, 6) is 0. The number of para-hydroxylation sites is 4. The highest BCUT2D eigenvalue weighted by molar-refractivity contribution is 6.16. The fraction of sp³-hybridized carbons (Fsp3) is 0. The molecule has 2 heterocycles. The van der Waals surface area contributed by atoms with Crippen molar-refractivity contribution in [3.05, 3.63) is 255 Å². The zero-order valence-corrected chi connectivity index (χ0v) is 36.6. The molecule has 0 fully saturated rings. The fourth-order valence-electron chi connectivity index (χ4n) is 10.3. The molecule has 0 unspecified atom stereocenters. The van der Waals surface area contributed by atoms with Crippen molar-refractivity contribution >= 4 is 71.6 Å². The molecule has 0 saturated heterocycles. The standard InChI is InChI=1S/C64H42N2O/c1-4-17-43(18-5-1)44-31-35-48(36-32-44)65(49-37-33-46(34-38-49)51-40-39-50(45-19-6-2-7-20-45)52-23-10-11-24-53(51)52)61-42-62-58(54-25-12-14-29-60(54)66(62)47-21-8-3-9-22-47)41-59(61)57-28-16-27-56-55-26-13-15-30-63(55)67-64(56)57/h1-42H. The highest BCUT2D eigenvalue weighted by Gasteiger charge is 2.25. The Morgan fingerprint density at radius 1 is 0.299 bits per heavy atom. The molecule has 0 saturated carbocycles. The van der Waals surface area contributed by atoms with E-state index in [0.717, 1.165) is 78.0 Å². The van der Waals surface area contributed by atoms with Gasteiger partial charge >= 0.3 is 0 Å². The van der Waals surface area contributed by atoms with Gasteiger partial charge in [0.25, 0.3) is 0 Å². The van der Waals surface area contributed by atoms with Gasteiger partial charge in [-0.05, 0) is 105 Å². The summed E-state index contributed by atoms with van der Waals surface area (Å²) in [4.78, 5) is 2.43. The van der Waals surface area contributed by atoms with Crippen LogP contribution in [0.5, 0.6) is 0 Å². The zero-order valence-electron chi connectivity index (χ0n) is 36.6. The first-order valence-corrected chi connectivity index (χ1v) is 22.9. The normalized spacial score (nSPS) is 11.6. The quantitative estimate of drug-likeness (QED) is 0.152. The average molecular weight is 855 g/mol. The zero-order chi connectivity index (χ0) is 44.3. The van der Waals surface area contributed by atoms with E-state index < -0.39 is 0 Å². The van der Waals surface area contributed by atoms with Crippen LogP contribution >= 0.6 is 0 Å². The molecule has 11 aromatic carbocycles. The Kier molecular flexibility index (Phi) is 9.17. The van der Waals surface area contributed by atoms with E-state index in [9.17, 15) is 0 Å². The minimum Gasteiger partial charge on any atom is -0.455 e. The molecule has 0 aliphatic carbocycles. The molecule has 0 radical (unpaired) electrons.